The van der Waals surface area contributed by atoms with Gasteiger partial charge in [-0.1, -0.05) is 18.2 Å². The van der Waals surface area contributed by atoms with Gasteiger partial charge < -0.3 is 4.98 Å². The summed E-state index contributed by atoms with van der Waals surface area (Å²) in [5.74, 6) is -0.0985. The van der Waals surface area contributed by atoms with Crippen LogP contribution in [0.25, 0.3) is 11.4 Å². The molecule has 0 saturated heterocycles. The summed E-state index contributed by atoms with van der Waals surface area (Å²) in [4.78, 5) is 17.9. The van der Waals surface area contributed by atoms with E-state index in [-0.39, 0.29) is 15.9 Å². The van der Waals surface area contributed by atoms with Gasteiger partial charge in [0.05, 0.1) is 11.3 Å². The maximum atomic E-state index is 12.9. The molecule has 0 bridgehead atoms. The zero-order valence-electron chi connectivity index (χ0n) is 9.68. The van der Waals surface area contributed by atoms with Crippen LogP contribution in [0.4, 0.5) is 13.2 Å². The lowest BCUT2D eigenvalue weighted by molar-refractivity contribution is -0.137. The van der Waals surface area contributed by atoms with Crippen molar-refractivity contribution < 1.29 is 13.2 Å². The van der Waals surface area contributed by atoms with Gasteiger partial charge in [0.15, 0.2) is 0 Å². The number of rotatable bonds is 1. The summed E-state index contributed by atoms with van der Waals surface area (Å²) in [6, 6.07) is 4.97. The number of benzene rings is 1. The van der Waals surface area contributed by atoms with Crippen molar-refractivity contribution in [2.24, 2.45) is 0 Å². The van der Waals surface area contributed by atoms with Crippen molar-refractivity contribution >= 4 is 15.9 Å². The van der Waals surface area contributed by atoms with E-state index in [1.165, 1.54) is 18.2 Å². The first-order valence-corrected chi connectivity index (χ1v) is 6.03. The van der Waals surface area contributed by atoms with E-state index in [0.717, 1.165) is 6.07 Å². The van der Waals surface area contributed by atoms with E-state index in [0.29, 0.717) is 5.69 Å². The van der Waals surface area contributed by atoms with Gasteiger partial charge in [-0.3, -0.25) is 4.79 Å². The zero-order valence-corrected chi connectivity index (χ0v) is 11.3. The highest BCUT2D eigenvalue weighted by atomic mass is 79.9. The van der Waals surface area contributed by atoms with Crippen molar-refractivity contribution in [1.82, 2.24) is 9.97 Å². The number of aromatic nitrogens is 2. The molecule has 0 amide bonds. The van der Waals surface area contributed by atoms with E-state index in [9.17, 15) is 18.0 Å². The van der Waals surface area contributed by atoms with E-state index in [1.54, 1.807) is 6.92 Å². The van der Waals surface area contributed by atoms with E-state index < -0.39 is 17.3 Å². The third-order valence-corrected chi connectivity index (χ3v) is 3.45. The van der Waals surface area contributed by atoms with Crippen LogP contribution in [-0.2, 0) is 6.18 Å². The molecular formula is C12H8BrF3N2O. The standard InChI is InChI=1S/C12H8BrF3N2O/c1-6-9(13)11(19)18-10(17-6)7-4-2-3-5-8(7)12(14,15)16/h2-5H,1H3,(H,17,18,19). The lowest BCUT2D eigenvalue weighted by Gasteiger charge is -2.12. The highest BCUT2D eigenvalue weighted by molar-refractivity contribution is 9.10. The minimum atomic E-state index is -4.50. The van der Waals surface area contributed by atoms with Crippen LogP contribution in [0.3, 0.4) is 0 Å². The molecule has 7 heteroatoms. The molecule has 0 saturated carbocycles. The van der Waals surface area contributed by atoms with Gasteiger partial charge in [0.25, 0.3) is 5.56 Å². The van der Waals surface area contributed by atoms with Gasteiger partial charge in [0, 0.05) is 5.56 Å². The second-order valence-corrected chi connectivity index (χ2v) is 4.65. The molecule has 0 aliphatic rings. The number of hydrogen-bond donors (Lipinski definition) is 1. The minimum absolute atomic E-state index is 0.0985. The summed E-state index contributed by atoms with van der Waals surface area (Å²) in [6.45, 7) is 1.54. The van der Waals surface area contributed by atoms with Crippen molar-refractivity contribution in [2.45, 2.75) is 13.1 Å². The Hall–Kier alpha value is -1.63. The molecule has 0 unspecified atom stereocenters. The van der Waals surface area contributed by atoms with Gasteiger partial charge in [0.1, 0.15) is 10.3 Å². The van der Waals surface area contributed by atoms with Crippen molar-refractivity contribution in [2.75, 3.05) is 0 Å². The molecule has 0 radical (unpaired) electrons. The molecule has 0 fully saturated rings. The quantitative estimate of drug-likeness (QED) is 0.868. The fraction of sp³-hybridized carbons (Fsp3) is 0.167. The predicted molar refractivity (Wildman–Crippen MR) is 67.7 cm³/mol. The van der Waals surface area contributed by atoms with Gasteiger partial charge in [-0.05, 0) is 28.9 Å². The third kappa shape index (κ3) is 2.70. The maximum Gasteiger partial charge on any atom is 0.417 e. The van der Waals surface area contributed by atoms with Crippen LogP contribution in [0.15, 0.2) is 33.5 Å². The Morgan fingerprint density at radius 2 is 1.89 bits per heavy atom. The number of H-pyrrole nitrogens is 1. The van der Waals surface area contributed by atoms with Crippen molar-refractivity contribution in [3.8, 4) is 11.4 Å². The minimum Gasteiger partial charge on any atom is -0.306 e. The van der Waals surface area contributed by atoms with Crippen LogP contribution >= 0.6 is 15.9 Å². The lowest BCUT2D eigenvalue weighted by Crippen LogP contribution is -2.14. The smallest absolute Gasteiger partial charge is 0.306 e. The van der Waals surface area contributed by atoms with Crippen molar-refractivity contribution in [3.63, 3.8) is 0 Å². The van der Waals surface area contributed by atoms with Gasteiger partial charge >= 0.3 is 6.18 Å². The molecular weight excluding hydrogens is 325 g/mol. The maximum absolute atomic E-state index is 12.9. The summed E-state index contributed by atoms with van der Waals surface area (Å²) in [6.07, 6.45) is -4.50. The molecule has 0 atom stereocenters. The molecule has 2 rings (SSSR count). The second-order valence-electron chi connectivity index (χ2n) is 3.86. The highest BCUT2D eigenvalue weighted by Crippen LogP contribution is 2.35. The molecule has 0 aliphatic heterocycles. The Morgan fingerprint density at radius 3 is 2.47 bits per heavy atom. The Labute approximate surface area is 114 Å². The summed E-state index contributed by atoms with van der Waals surface area (Å²) in [5.41, 5.74) is -1.17. The van der Waals surface area contributed by atoms with Gasteiger partial charge in [-0.15, -0.1) is 0 Å². The van der Waals surface area contributed by atoms with Gasteiger partial charge in [0.2, 0.25) is 0 Å². The number of hydrogen-bond acceptors (Lipinski definition) is 2. The van der Waals surface area contributed by atoms with Crippen LogP contribution in [0, 0.1) is 6.92 Å². The normalized spacial score (nSPS) is 11.6. The third-order valence-electron chi connectivity index (χ3n) is 2.52. The number of aromatic amines is 1. The monoisotopic (exact) mass is 332 g/mol. The Balaban J connectivity index is 2.70. The second kappa shape index (κ2) is 4.80. The molecule has 19 heavy (non-hydrogen) atoms. The average molecular weight is 333 g/mol. The SMILES string of the molecule is Cc1nc(-c2ccccc2C(F)(F)F)[nH]c(=O)c1Br. The van der Waals surface area contributed by atoms with Crippen LogP contribution in [0.5, 0.6) is 0 Å². The zero-order chi connectivity index (χ0) is 14.2. The lowest BCUT2D eigenvalue weighted by atomic mass is 10.1. The molecule has 0 aliphatic carbocycles. The summed E-state index contributed by atoms with van der Waals surface area (Å²) in [7, 11) is 0. The van der Waals surface area contributed by atoms with Gasteiger partial charge in [-0.25, -0.2) is 4.98 Å². The van der Waals surface area contributed by atoms with Crippen LogP contribution < -0.4 is 5.56 Å². The largest absolute Gasteiger partial charge is 0.417 e. The van der Waals surface area contributed by atoms with Crippen molar-refractivity contribution in [1.29, 1.82) is 0 Å². The van der Waals surface area contributed by atoms with Crippen LogP contribution in [0.2, 0.25) is 0 Å². The van der Waals surface area contributed by atoms with E-state index in [4.69, 9.17) is 0 Å². The van der Waals surface area contributed by atoms with E-state index in [1.807, 2.05) is 0 Å². The Kier molecular flexibility index (Phi) is 3.49. The fourth-order valence-corrected chi connectivity index (χ4v) is 1.82. The Morgan fingerprint density at radius 1 is 1.26 bits per heavy atom. The fourth-order valence-electron chi connectivity index (χ4n) is 1.64. The molecule has 1 heterocycles. The average Bonchev–Trinajstić information content (AvgIpc) is 2.34. The summed E-state index contributed by atoms with van der Waals surface area (Å²) < 4.78 is 38.9. The van der Waals surface area contributed by atoms with Crippen LogP contribution in [0.1, 0.15) is 11.3 Å². The number of halogens is 4. The first kappa shape index (κ1) is 13.8. The first-order valence-electron chi connectivity index (χ1n) is 5.23. The molecule has 2 aromatic rings. The first-order chi connectivity index (χ1) is 8.80. The number of nitrogens with zero attached hydrogens (tertiary/aromatic N) is 1. The topological polar surface area (TPSA) is 45.8 Å². The predicted octanol–water partition coefficient (Wildman–Crippen LogP) is 3.53. The molecule has 1 aromatic carbocycles. The highest BCUT2D eigenvalue weighted by Gasteiger charge is 2.34. The van der Waals surface area contributed by atoms with Crippen LogP contribution in [-0.4, -0.2) is 9.97 Å². The molecule has 1 aromatic heterocycles. The Bertz CT molecular complexity index is 679. The molecule has 3 nitrogen and oxygen atoms in total. The summed E-state index contributed by atoms with van der Waals surface area (Å²) in [5, 5.41) is 0. The number of nitrogens with one attached hydrogen (secondary N) is 1. The van der Waals surface area contributed by atoms with Crippen molar-refractivity contribution in [3.05, 3.63) is 50.3 Å². The summed E-state index contributed by atoms with van der Waals surface area (Å²) >= 11 is 3.02. The number of aryl methyl sites for hydroxylation is 1. The number of alkyl halides is 3. The molecule has 0 spiro atoms. The molecule has 100 valence electrons. The van der Waals surface area contributed by atoms with Gasteiger partial charge in [-0.2, -0.15) is 13.2 Å². The van der Waals surface area contributed by atoms with E-state index in [2.05, 4.69) is 25.9 Å². The molecule has 1 N–H and O–H groups in total. The van der Waals surface area contributed by atoms with E-state index >= 15 is 0 Å².